The minimum Gasteiger partial charge on any atom is -0.0953 e. The van der Waals surface area contributed by atoms with Crippen LogP contribution in [0, 0.1) is 23.2 Å². The predicted octanol–water partition coefficient (Wildman–Crippen LogP) is 8.36. The summed E-state index contributed by atoms with van der Waals surface area (Å²) in [6, 6.07) is 0. The van der Waals surface area contributed by atoms with Crippen molar-refractivity contribution in [2.75, 3.05) is 0 Å². The lowest BCUT2D eigenvalue weighted by atomic mass is 9.59. The third kappa shape index (κ3) is 5.36. The highest BCUT2D eigenvalue weighted by Crippen LogP contribution is 2.49. The zero-order valence-electron chi connectivity index (χ0n) is 16.8. The molecular weight excluding hydrogens is 288 g/mol. The van der Waals surface area contributed by atoms with Gasteiger partial charge in [-0.3, -0.25) is 0 Å². The lowest BCUT2D eigenvalue weighted by Crippen LogP contribution is -2.36. The van der Waals surface area contributed by atoms with E-state index in [1.807, 2.05) is 0 Å². The van der Waals surface area contributed by atoms with Crippen molar-refractivity contribution in [3.05, 3.63) is 35.5 Å². The highest BCUT2D eigenvalue weighted by Gasteiger charge is 2.39. The van der Waals surface area contributed by atoms with E-state index in [4.69, 9.17) is 0 Å². The van der Waals surface area contributed by atoms with Gasteiger partial charge in [-0.2, -0.15) is 0 Å². The third-order valence-electron chi connectivity index (χ3n) is 6.59. The Labute approximate surface area is 153 Å². The summed E-state index contributed by atoms with van der Waals surface area (Å²) in [6.45, 7) is 20.9. The monoisotopic (exact) mass is 332 g/mol. The fourth-order valence-electron chi connectivity index (χ4n) is 4.10. The molecule has 0 spiro atoms. The fourth-order valence-corrected chi connectivity index (χ4v) is 4.10. The molecular formula is C24H44. The molecule has 24 heavy (non-hydrogen) atoms. The first-order valence-electron chi connectivity index (χ1n) is 9.86. The minimum atomic E-state index is 0. The molecule has 1 rings (SSSR count). The molecule has 140 valence electrons. The third-order valence-corrected chi connectivity index (χ3v) is 6.59. The second-order valence-corrected chi connectivity index (χ2v) is 8.25. The molecule has 0 bridgehead atoms. The average Bonchev–Trinajstić information content (AvgIpc) is 2.53. The number of rotatable bonds is 7. The van der Waals surface area contributed by atoms with Gasteiger partial charge in [0.1, 0.15) is 0 Å². The van der Waals surface area contributed by atoms with E-state index in [1.165, 1.54) is 43.3 Å². The first-order valence-corrected chi connectivity index (χ1v) is 9.86. The summed E-state index contributed by atoms with van der Waals surface area (Å²) in [6.07, 6.45) is 12.5. The van der Waals surface area contributed by atoms with Crippen molar-refractivity contribution in [1.82, 2.24) is 0 Å². The van der Waals surface area contributed by atoms with E-state index in [1.54, 1.807) is 5.57 Å². The SMILES string of the molecule is C.C=C(/C(=C\C=C1/CCCC(C)(C(C)CC)C1C)CCC)C(C)C. The largest absolute Gasteiger partial charge is 0.0953 e. The molecule has 1 fully saturated rings. The molecule has 3 unspecified atom stereocenters. The maximum atomic E-state index is 4.33. The Hall–Kier alpha value is -0.780. The van der Waals surface area contributed by atoms with E-state index < -0.39 is 0 Å². The molecule has 0 saturated heterocycles. The van der Waals surface area contributed by atoms with Gasteiger partial charge >= 0.3 is 0 Å². The summed E-state index contributed by atoms with van der Waals surface area (Å²) in [5.41, 5.74) is 4.89. The Kier molecular flexibility index (Phi) is 9.93. The Morgan fingerprint density at radius 2 is 1.92 bits per heavy atom. The summed E-state index contributed by atoms with van der Waals surface area (Å²) in [5, 5.41) is 0. The van der Waals surface area contributed by atoms with E-state index in [2.05, 4.69) is 67.2 Å². The van der Waals surface area contributed by atoms with Gasteiger partial charge < -0.3 is 0 Å². The Morgan fingerprint density at radius 3 is 2.42 bits per heavy atom. The van der Waals surface area contributed by atoms with Crippen molar-refractivity contribution in [2.24, 2.45) is 23.2 Å². The van der Waals surface area contributed by atoms with E-state index in [0.29, 0.717) is 17.3 Å². The van der Waals surface area contributed by atoms with Crippen molar-refractivity contribution >= 4 is 0 Å². The first-order chi connectivity index (χ1) is 10.8. The smallest absolute Gasteiger partial charge is 0.0172 e. The van der Waals surface area contributed by atoms with Crippen LogP contribution in [0.4, 0.5) is 0 Å². The highest BCUT2D eigenvalue weighted by atomic mass is 14.4. The average molecular weight is 333 g/mol. The lowest BCUT2D eigenvalue weighted by molar-refractivity contribution is 0.0948. The van der Waals surface area contributed by atoms with Gasteiger partial charge in [-0.05, 0) is 60.0 Å². The van der Waals surface area contributed by atoms with Gasteiger partial charge in [0.2, 0.25) is 0 Å². The molecule has 0 aromatic carbocycles. The Bertz CT molecular complexity index is 449. The van der Waals surface area contributed by atoms with E-state index >= 15 is 0 Å². The molecule has 0 aromatic rings. The number of allylic oxidation sites excluding steroid dienone is 5. The molecule has 0 nitrogen and oxygen atoms in total. The van der Waals surface area contributed by atoms with Crippen LogP contribution >= 0.6 is 0 Å². The van der Waals surface area contributed by atoms with E-state index in [0.717, 1.165) is 12.3 Å². The molecule has 0 N–H and O–H groups in total. The Morgan fingerprint density at radius 1 is 1.29 bits per heavy atom. The quantitative estimate of drug-likeness (QED) is 0.411. The predicted molar refractivity (Wildman–Crippen MR) is 112 cm³/mol. The van der Waals surface area contributed by atoms with Crippen LogP contribution in [0.1, 0.15) is 94.4 Å². The minimum absolute atomic E-state index is 0. The molecule has 1 aliphatic carbocycles. The van der Waals surface area contributed by atoms with Crippen LogP contribution in [0.3, 0.4) is 0 Å². The van der Waals surface area contributed by atoms with Crippen LogP contribution < -0.4 is 0 Å². The second kappa shape index (κ2) is 10.3. The first kappa shape index (κ1) is 23.2. The van der Waals surface area contributed by atoms with Gasteiger partial charge in [-0.15, -0.1) is 0 Å². The topological polar surface area (TPSA) is 0 Å². The normalized spacial score (nSPS) is 27.9. The molecule has 0 heteroatoms. The van der Waals surface area contributed by atoms with Gasteiger partial charge in [-0.25, -0.2) is 0 Å². The fraction of sp³-hybridized carbons (Fsp3) is 0.750. The summed E-state index contributed by atoms with van der Waals surface area (Å²) in [4.78, 5) is 0. The summed E-state index contributed by atoms with van der Waals surface area (Å²) in [5.74, 6) is 2.03. The van der Waals surface area contributed by atoms with Gasteiger partial charge in [-0.1, -0.05) is 93.0 Å². The molecule has 3 atom stereocenters. The zero-order chi connectivity index (χ0) is 17.6. The maximum Gasteiger partial charge on any atom is -0.0172 e. The molecule has 0 amide bonds. The molecule has 0 heterocycles. The highest BCUT2D eigenvalue weighted by molar-refractivity contribution is 5.34. The van der Waals surface area contributed by atoms with Crippen LogP contribution in [0.2, 0.25) is 0 Å². The van der Waals surface area contributed by atoms with Crippen molar-refractivity contribution in [1.29, 1.82) is 0 Å². The van der Waals surface area contributed by atoms with Gasteiger partial charge in [0, 0.05) is 0 Å². The summed E-state index contributed by atoms with van der Waals surface area (Å²) < 4.78 is 0. The van der Waals surface area contributed by atoms with Gasteiger partial charge in [0.15, 0.2) is 0 Å². The molecule has 1 aliphatic rings. The van der Waals surface area contributed by atoms with Crippen molar-refractivity contribution in [2.45, 2.75) is 94.4 Å². The lowest BCUT2D eigenvalue weighted by Gasteiger charge is -2.45. The number of hydrogen-bond donors (Lipinski definition) is 0. The standard InChI is InChI=1S/C23H40.CH4/c1-9-12-21(19(6)17(3)4)14-15-22-13-11-16-23(8,20(22)7)18(5)10-2;/h14-15,17-18,20H,6,9-13,16H2,1-5,7-8H3;1H4/b21-14-,22-15+;. The van der Waals surface area contributed by atoms with Crippen molar-refractivity contribution in [3.63, 3.8) is 0 Å². The van der Waals surface area contributed by atoms with Gasteiger partial charge in [0.05, 0.1) is 0 Å². The second-order valence-electron chi connectivity index (χ2n) is 8.25. The van der Waals surface area contributed by atoms with Crippen LogP contribution in [-0.4, -0.2) is 0 Å². The van der Waals surface area contributed by atoms with Crippen LogP contribution in [-0.2, 0) is 0 Å². The van der Waals surface area contributed by atoms with Crippen molar-refractivity contribution < 1.29 is 0 Å². The Balaban J connectivity index is 0.00000529. The summed E-state index contributed by atoms with van der Waals surface area (Å²) >= 11 is 0. The van der Waals surface area contributed by atoms with Crippen LogP contribution in [0.15, 0.2) is 35.5 Å². The molecule has 1 saturated carbocycles. The maximum absolute atomic E-state index is 4.33. The van der Waals surface area contributed by atoms with Crippen LogP contribution in [0.25, 0.3) is 0 Å². The van der Waals surface area contributed by atoms with Crippen molar-refractivity contribution in [3.8, 4) is 0 Å². The molecule has 0 aliphatic heterocycles. The number of hydrogen-bond acceptors (Lipinski definition) is 0. The zero-order valence-corrected chi connectivity index (χ0v) is 16.8. The van der Waals surface area contributed by atoms with E-state index in [-0.39, 0.29) is 7.43 Å². The van der Waals surface area contributed by atoms with E-state index in [9.17, 15) is 0 Å². The summed E-state index contributed by atoms with van der Waals surface area (Å²) in [7, 11) is 0. The molecule has 0 aromatic heterocycles. The van der Waals surface area contributed by atoms with Gasteiger partial charge in [0.25, 0.3) is 0 Å². The van der Waals surface area contributed by atoms with Crippen LogP contribution in [0.5, 0.6) is 0 Å². The molecule has 0 radical (unpaired) electrons.